The van der Waals surface area contributed by atoms with Gasteiger partial charge in [0.2, 0.25) is 0 Å². The van der Waals surface area contributed by atoms with Crippen molar-refractivity contribution >= 4 is 11.4 Å². The third kappa shape index (κ3) is 4.76. The van der Waals surface area contributed by atoms with Crippen molar-refractivity contribution in [2.24, 2.45) is 0 Å². The van der Waals surface area contributed by atoms with Crippen molar-refractivity contribution in [1.29, 1.82) is 0 Å². The molecule has 2 aromatic carbocycles. The van der Waals surface area contributed by atoms with E-state index in [1.807, 2.05) is 0 Å². The van der Waals surface area contributed by atoms with Gasteiger partial charge in [0.15, 0.2) is 11.6 Å². The maximum Gasteiger partial charge on any atom is 0.151 e. The van der Waals surface area contributed by atoms with E-state index in [-0.39, 0.29) is 31.0 Å². The summed E-state index contributed by atoms with van der Waals surface area (Å²) in [6.45, 7) is 1.73. The molecular weight excluding hydrogens is 400 g/mol. The molecule has 0 spiro atoms. The van der Waals surface area contributed by atoms with Crippen molar-refractivity contribution < 1.29 is 27.4 Å². The second kappa shape index (κ2) is 9.21. The van der Waals surface area contributed by atoms with Crippen molar-refractivity contribution in [3.05, 3.63) is 83.3 Å². The number of allylic oxidation sites excluding steroid dienone is 1. The number of rotatable bonds is 7. The third-order valence-corrected chi connectivity index (χ3v) is 4.79. The number of aliphatic hydroxyl groups is 1. The van der Waals surface area contributed by atoms with Crippen LogP contribution in [0.2, 0.25) is 0 Å². The molecule has 3 rings (SSSR count). The number of benzene rings is 2. The number of nitrogens with zero attached hydrogens (tertiary/aromatic N) is 2. The van der Waals surface area contributed by atoms with Crippen LogP contribution in [-0.2, 0) is 11.3 Å². The number of aliphatic hydroxyl groups excluding tert-OH is 1. The minimum Gasteiger partial charge on any atom is -0.489 e. The molecule has 0 aromatic heterocycles. The molecule has 0 radical (unpaired) electrons. The summed E-state index contributed by atoms with van der Waals surface area (Å²) in [5.41, 5.74) is 0.303. The quantitative estimate of drug-likeness (QED) is 0.667. The predicted molar refractivity (Wildman–Crippen MR) is 107 cm³/mol. The highest BCUT2D eigenvalue weighted by molar-refractivity contribution is 5.61. The molecule has 1 N–H and O–H groups in total. The Bertz CT molecular complexity index is 955. The predicted octanol–water partition coefficient (Wildman–Crippen LogP) is 4.49. The molecule has 0 amide bonds. The number of ether oxygens (including phenoxy) is 1. The zero-order valence-corrected chi connectivity index (χ0v) is 16.6. The van der Waals surface area contributed by atoms with Crippen LogP contribution >= 0.6 is 0 Å². The Morgan fingerprint density at radius 2 is 1.77 bits per heavy atom. The normalized spacial score (nSPS) is 15.9. The zero-order chi connectivity index (χ0) is 21.8. The SMILES string of the molecule is CC1C=C(OCc2ccc(F)cc2F)C=CN1c1c(F)cc(N(C)CCO)cc1F. The highest BCUT2D eigenvalue weighted by Gasteiger charge is 2.23. The first-order valence-corrected chi connectivity index (χ1v) is 9.36. The largest absolute Gasteiger partial charge is 0.489 e. The lowest BCUT2D eigenvalue weighted by atomic mass is 10.1. The van der Waals surface area contributed by atoms with Crippen molar-refractivity contribution in [1.82, 2.24) is 0 Å². The van der Waals surface area contributed by atoms with Gasteiger partial charge >= 0.3 is 0 Å². The van der Waals surface area contributed by atoms with Gasteiger partial charge in [-0.1, -0.05) is 0 Å². The summed E-state index contributed by atoms with van der Waals surface area (Å²) in [6.07, 6.45) is 4.65. The Labute approximate surface area is 172 Å². The molecule has 0 fully saturated rings. The van der Waals surface area contributed by atoms with E-state index in [0.29, 0.717) is 11.4 Å². The minimum absolute atomic E-state index is 0.108. The van der Waals surface area contributed by atoms with Crippen LogP contribution < -0.4 is 9.80 Å². The summed E-state index contributed by atoms with van der Waals surface area (Å²) < 4.78 is 61.6. The second-order valence-corrected chi connectivity index (χ2v) is 6.96. The molecular formula is C22H22F4N2O2. The topological polar surface area (TPSA) is 35.9 Å². The molecule has 0 saturated carbocycles. The smallest absolute Gasteiger partial charge is 0.151 e. The molecule has 0 saturated heterocycles. The van der Waals surface area contributed by atoms with Gasteiger partial charge in [-0.05, 0) is 43.3 Å². The van der Waals surface area contributed by atoms with Gasteiger partial charge in [0.25, 0.3) is 0 Å². The molecule has 1 aliphatic rings. The van der Waals surface area contributed by atoms with Gasteiger partial charge in [0.1, 0.15) is 29.7 Å². The summed E-state index contributed by atoms with van der Waals surface area (Å²) in [5.74, 6) is -2.45. The number of anilines is 2. The Kier molecular flexibility index (Phi) is 6.66. The summed E-state index contributed by atoms with van der Waals surface area (Å²) in [6, 6.07) is 5.20. The molecule has 1 atom stereocenters. The maximum atomic E-state index is 14.7. The Balaban J connectivity index is 1.73. The van der Waals surface area contributed by atoms with Crippen molar-refractivity contribution in [3.8, 4) is 0 Å². The van der Waals surface area contributed by atoms with E-state index in [1.165, 1.54) is 35.4 Å². The van der Waals surface area contributed by atoms with Gasteiger partial charge in [-0.2, -0.15) is 0 Å². The Hall–Kier alpha value is -3.00. The fraction of sp³-hybridized carbons (Fsp3) is 0.273. The van der Waals surface area contributed by atoms with Crippen LogP contribution in [0.3, 0.4) is 0 Å². The van der Waals surface area contributed by atoms with Crippen LogP contribution in [0.25, 0.3) is 0 Å². The van der Waals surface area contributed by atoms with Crippen LogP contribution in [-0.4, -0.2) is 31.3 Å². The Morgan fingerprint density at radius 3 is 2.37 bits per heavy atom. The van der Waals surface area contributed by atoms with Crippen LogP contribution in [0.15, 0.2) is 54.4 Å². The van der Waals surface area contributed by atoms with Crippen molar-refractivity contribution in [2.45, 2.75) is 19.6 Å². The van der Waals surface area contributed by atoms with E-state index in [2.05, 4.69) is 0 Å². The molecule has 1 unspecified atom stereocenters. The van der Waals surface area contributed by atoms with E-state index in [1.54, 1.807) is 24.9 Å². The van der Waals surface area contributed by atoms with E-state index >= 15 is 0 Å². The number of likely N-dealkylation sites (N-methyl/N-ethyl adjacent to an activating group) is 1. The van der Waals surface area contributed by atoms with Crippen LogP contribution in [0.1, 0.15) is 12.5 Å². The third-order valence-electron chi connectivity index (χ3n) is 4.79. The van der Waals surface area contributed by atoms with Gasteiger partial charge in [-0.3, -0.25) is 0 Å². The second-order valence-electron chi connectivity index (χ2n) is 6.96. The molecule has 160 valence electrons. The van der Waals surface area contributed by atoms with Gasteiger partial charge in [-0.15, -0.1) is 0 Å². The Morgan fingerprint density at radius 1 is 1.07 bits per heavy atom. The summed E-state index contributed by atoms with van der Waals surface area (Å²) in [4.78, 5) is 2.97. The minimum atomic E-state index is -0.738. The lowest BCUT2D eigenvalue weighted by molar-refractivity contribution is 0.204. The van der Waals surface area contributed by atoms with Crippen molar-refractivity contribution in [2.75, 3.05) is 30.0 Å². The molecule has 0 bridgehead atoms. The molecule has 4 nitrogen and oxygen atoms in total. The molecule has 8 heteroatoms. The molecule has 1 aliphatic heterocycles. The molecule has 30 heavy (non-hydrogen) atoms. The van der Waals surface area contributed by atoms with Crippen molar-refractivity contribution in [3.63, 3.8) is 0 Å². The van der Waals surface area contributed by atoms with E-state index in [4.69, 9.17) is 9.84 Å². The standard InChI is InChI=1S/C22H22F4N2O2/c1-14-9-18(30-13-15-3-4-16(23)10-19(15)24)5-6-28(14)22-20(25)11-17(12-21(22)26)27(2)7-8-29/h3-6,9-12,14,29H,7-8,13H2,1-2H3. The number of hydrogen-bond acceptors (Lipinski definition) is 4. The van der Waals surface area contributed by atoms with Gasteiger partial charge < -0.3 is 19.6 Å². The molecule has 1 heterocycles. The first kappa shape index (κ1) is 21.7. The fourth-order valence-electron chi connectivity index (χ4n) is 3.14. The lowest BCUT2D eigenvalue weighted by Crippen LogP contribution is -2.31. The van der Waals surface area contributed by atoms with E-state index in [9.17, 15) is 17.6 Å². The highest BCUT2D eigenvalue weighted by atomic mass is 19.1. The molecule has 2 aromatic rings. The van der Waals surface area contributed by atoms with Crippen LogP contribution in [0, 0.1) is 23.3 Å². The first-order chi connectivity index (χ1) is 14.3. The fourth-order valence-corrected chi connectivity index (χ4v) is 3.14. The van der Waals surface area contributed by atoms with Gasteiger partial charge in [0.05, 0.1) is 12.6 Å². The zero-order valence-electron chi connectivity index (χ0n) is 16.6. The monoisotopic (exact) mass is 422 g/mol. The average Bonchev–Trinajstić information content (AvgIpc) is 2.68. The average molecular weight is 422 g/mol. The van der Waals surface area contributed by atoms with Crippen LogP contribution in [0.4, 0.5) is 28.9 Å². The van der Waals surface area contributed by atoms with Gasteiger partial charge in [-0.25, -0.2) is 17.6 Å². The first-order valence-electron chi connectivity index (χ1n) is 9.36. The van der Waals surface area contributed by atoms with E-state index < -0.39 is 29.3 Å². The molecule has 0 aliphatic carbocycles. The summed E-state index contributed by atoms with van der Waals surface area (Å²) >= 11 is 0. The number of halogens is 4. The summed E-state index contributed by atoms with van der Waals surface area (Å²) in [7, 11) is 1.63. The summed E-state index contributed by atoms with van der Waals surface area (Å²) in [5, 5.41) is 9.00. The van der Waals surface area contributed by atoms with Gasteiger partial charge in [0, 0.05) is 37.1 Å². The van der Waals surface area contributed by atoms with E-state index in [0.717, 1.165) is 12.1 Å². The van der Waals surface area contributed by atoms with Crippen LogP contribution in [0.5, 0.6) is 0 Å². The maximum absolute atomic E-state index is 14.7. The lowest BCUT2D eigenvalue weighted by Gasteiger charge is -2.30. The highest BCUT2D eigenvalue weighted by Crippen LogP contribution is 2.32. The number of hydrogen-bond donors (Lipinski definition) is 1.